The molecule has 6 nitrogen and oxygen atoms in total. The Kier molecular flexibility index (Phi) is 5.18. The van der Waals surface area contributed by atoms with Gasteiger partial charge < -0.3 is 9.88 Å². The van der Waals surface area contributed by atoms with Gasteiger partial charge in [0.15, 0.2) is 0 Å². The number of rotatable bonds is 4. The highest BCUT2D eigenvalue weighted by molar-refractivity contribution is 5.92. The van der Waals surface area contributed by atoms with Crippen molar-refractivity contribution < 1.29 is 0 Å². The summed E-state index contributed by atoms with van der Waals surface area (Å²) >= 11 is 0. The summed E-state index contributed by atoms with van der Waals surface area (Å²) in [6.07, 6.45) is 0. The SMILES string of the molecule is Cc1cccc(-c2nn(-c3ccccc3)c3[nH]c(=O)c(CN4CCN(C)CC4)cc23)c1. The van der Waals surface area contributed by atoms with Crippen LogP contribution in [0.5, 0.6) is 0 Å². The van der Waals surface area contributed by atoms with E-state index in [4.69, 9.17) is 5.10 Å². The van der Waals surface area contributed by atoms with Crippen LogP contribution in [0.4, 0.5) is 0 Å². The molecule has 1 N–H and O–H groups in total. The first-order chi connectivity index (χ1) is 15.1. The second-order valence-corrected chi connectivity index (χ2v) is 8.43. The topological polar surface area (TPSA) is 57.2 Å². The molecule has 1 aliphatic rings. The van der Waals surface area contributed by atoms with Gasteiger partial charge in [-0.25, -0.2) is 4.68 Å². The molecule has 1 aliphatic heterocycles. The summed E-state index contributed by atoms with van der Waals surface area (Å²) < 4.78 is 1.84. The molecule has 4 aromatic rings. The van der Waals surface area contributed by atoms with E-state index in [1.54, 1.807) is 0 Å². The lowest BCUT2D eigenvalue weighted by Crippen LogP contribution is -2.44. The molecule has 6 heteroatoms. The first kappa shape index (κ1) is 19.7. The predicted octanol–water partition coefficient (Wildman–Crippen LogP) is 3.44. The highest BCUT2D eigenvalue weighted by Gasteiger charge is 2.19. The summed E-state index contributed by atoms with van der Waals surface area (Å²) in [5, 5.41) is 5.91. The van der Waals surface area contributed by atoms with Crippen LogP contribution in [-0.2, 0) is 6.54 Å². The van der Waals surface area contributed by atoms with Gasteiger partial charge in [-0.3, -0.25) is 9.69 Å². The van der Waals surface area contributed by atoms with E-state index < -0.39 is 0 Å². The molecule has 1 saturated heterocycles. The van der Waals surface area contributed by atoms with Crippen molar-refractivity contribution >= 4 is 11.0 Å². The van der Waals surface area contributed by atoms with Gasteiger partial charge in [0.05, 0.1) is 5.69 Å². The van der Waals surface area contributed by atoms with E-state index >= 15 is 0 Å². The summed E-state index contributed by atoms with van der Waals surface area (Å²) in [6.45, 7) is 6.74. The lowest BCUT2D eigenvalue weighted by molar-refractivity contribution is 0.148. The lowest BCUT2D eigenvalue weighted by atomic mass is 10.1. The van der Waals surface area contributed by atoms with Crippen molar-refractivity contribution in [2.45, 2.75) is 13.5 Å². The zero-order chi connectivity index (χ0) is 21.4. The maximum absolute atomic E-state index is 13.0. The van der Waals surface area contributed by atoms with Crippen LogP contribution in [-0.4, -0.2) is 57.8 Å². The Morgan fingerprint density at radius 2 is 1.74 bits per heavy atom. The highest BCUT2D eigenvalue weighted by Crippen LogP contribution is 2.29. The fourth-order valence-corrected chi connectivity index (χ4v) is 4.24. The molecule has 3 heterocycles. The first-order valence-corrected chi connectivity index (χ1v) is 10.8. The van der Waals surface area contributed by atoms with Gasteiger partial charge in [-0.1, -0.05) is 42.0 Å². The number of aromatic amines is 1. The average molecular weight is 414 g/mol. The van der Waals surface area contributed by atoms with Crippen LogP contribution >= 0.6 is 0 Å². The molecule has 0 radical (unpaired) electrons. The molecule has 0 spiro atoms. The third-order valence-corrected chi connectivity index (χ3v) is 6.05. The zero-order valence-electron chi connectivity index (χ0n) is 18.0. The van der Waals surface area contributed by atoms with Crippen LogP contribution in [0, 0.1) is 6.92 Å². The molecule has 2 aromatic heterocycles. The Bertz CT molecular complexity index is 1270. The second kappa shape index (κ2) is 8.13. The molecule has 0 amide bonds. The van der Waals surface area contributed by atoms with Gasteiger partial charge in [-0.2, -0.15) is 5.10 Å². The number of benzene rings is 2. The van der Waals surface area contributed by atoms with Crippen molar-refractivity contribution in [1.82, 2.24) is 24.6 Å². The fourth-order valence-electron chi connectivity index (χ4n) is 4.24. The number of para-hydroxylation sites is 1. The maximum atomic E-state index is 13.0. The molecule has 1 fully saturated rings. The largest absolute Gasteiger partial charge is 0.306 e. The monoisotopic (exact) mass is 413 g/mol. The van der Waals surface area contributed by atoms with Gasteiger partial charge in [0, 0.05) is 49.2 Å². The number of nitrogens with one attached hydrogen (secondary N) is 1. The molecule has 5 rings (SSSR count). The molecule has 2 aromatic carbocycles. The molecule has 0 saturated carbocycles. The Balaban J connectivity index is 1.65. The van der Waals surface area contributed by atoms with Crippen LogP contribution in [0.1, 0.15) is 11.1 Å². The smallest absolute Gasteiger partial charge is 0.254 e. The number of aromatic nitrogens is 3. The third kappa shape index (κ3) is 3.92. The van der Waals surface area contributed by atoms with Gasteiger partial charge in [0.1, 0.15) is 11.3 Å². The van der Waals surface area contributed by atoms with Crippen LogP contribution in [0.15, 0.2) is 65.5 Å². The molecule has 0 bridgehead atoms. The first-order valence-electron chi connectivity index (χ1n) is 10.8. The van der Waals surface area contributed by atoms with E-state index in [1.807, 2.05) is 41.1 Å². The minimum absolute atomic E-state index is 0.0423. The number of hydrogen-bond acceptors (Lipinski definition) is 4. The number of H-pyrrole nitrogens is 1. The van der Waals surface area contributed by atoms with Crippen molar-refractivity contribution in [3.63, 3.8) is 0 Å². The molecule has 158 valence electrons. The van der Waals surface area contributed by atoms with Crippen LogP contribution in [0.25, 0.3) is 28.0 Å². The molecule has 0 atom stereocenters. The average Bonchev–Trinajstić information content (AvgIpc) is 3.14. The van der Waals surface area contributed by atoms with Gasteiger partial charge >= 0.3 is 0 Å². The quantitative estimate of drug-likeness (QED) is 0.557. The van der Waals surface area contributed by atoms with Crippen molar-refractivity contribution in [2.24, 2.45) is 0 Å². The number of fused-ring (bicyclic) bond motifs is 1. The number of hydrogen-bond donors (Lipinski definition) is 1. The number of aryl methyl sites for hydroxylation is 1. The van der Waals surface area contributed by atoms with Crippen molar-refractivity contribution in [3.8, 4) is 16.9 Å². The summed E-state index contributed by atoms with van der Waals surface area (Å²) in [7, 11) is 2.14. The van der Waals surface area contributed by atoms with Crippen molar-refractivity contribution in [1.29, 1.82) is 0 Å². The summed E-state index contributed by atoms with van der Waals surface area (Å²) in [4.78, 5) is 20.8. The summed E-state index contributed by atoms with van der Waals surface area (Å²) in [5.41, 5.74) is 5.53. The van der Waals surface area contributed by atoms with Gasteiger partial charge in [0.25, 0.3) is 5.56 Å². The van der Waals surface area contributed by atoms with E-state index in [1.165, 1.54) is 5.56 Å². The van der Waals surface area contributed by atoms with E-state index in [0.29, 0.717) is 6.54 Å². The standard InChI is InChI=1S/C25H27N5O/c1-18-7-6-8-19(15-18)23-22-16-20(17-29-13-11-28(2)12-14-29)25(31)26-24(22)30(27-23)21-9-4-3-5-10-21/h3-10,15-16H,11-14,17H2,1-2H3,(H,26,31). The molecule has 0 aliphatic carbocycles. The van der Waals surface area contributed by atoms with E-state index in [9.17, 15) is 4.79 Å². The molecular weight excluding hydrogens is 386 g/mol. The van der Waals surface area contributed by atoms with E-state index in [-0.39, 0.29) is 5.56 Å². The van der Waals surface area contributed by atoms with Crippen molar-refractivity contribution in [2.75, 3.05) is 33.2 Å². The van der Waals surface area contributed by atoms with Crippen LogP contribution in [0.3, 0.4) is 0 Å². The fraction of sp³-hybridized carbons (Fsp3) is 0.280. The molecule has 31 heavy (non-hydrogen) atoms. The minimum Gasteiger partial charge on any atom is -0.306 e. The number of likely N-dealkylation sites (N-methyl/N-ethyl adjacent to an activating group) is 1. The number of pyridine rings is 1. The molecule has 0 unspecified atom stereocenters. The Morgan fingerprint density at radius 1 is 0.968 bits per heavy atom. The normalized spacial score (nSPS) is 15.5. The second-order valence-electron chi connectivity index (χ2n) is 8.43. The lowest BCUT2D eigenvalue weighted by Gasteiger charge is -2.32. The Morgan fingerprint density at radius 3 is 2.48 bits per heavy atom. The number of nitrogens with zero attached hydrogens (tertiary/aromatic N) is 4. The molecular formula is C25H27N5O. The van der Waals surface area contributed by atoms with Crippen molar-refractivity contribution in [3.05, 3.63) is 82.1 Å². The van der Waals surface area contributed by atoms with Gasteiger partial charge in [0.2, 0.25) is 0 Å². The van der Waals surface area contributed by atoms with E-state index in [0.717, 1.165) is 59.7 Å². The van der Waals surface area contributed by atoms with Gasteiger partial charge in [-0.05, 0) is 38.2 Å². The van der Waals surface area contributed by atoms with E-state index in [2.05, 4.69) is 53.0 Å². The Labute approximate surface area is 181 Å². The number of piperazine rings is 1. The zero-order valence-corrected chi connectivity index (χ0v) is 18.0. The predicted molar refractivity (Wildman–Crippen MR) is 125 cm³/mol. The van der Waals surface area contributed by atoms with Crippen LogP contribution < -0.4 is 5.56 Å². The highest BCUT2D eigenvalue weighted by atomic mass is 16.1. The third-order valence-electron chi connectivity index (χ3n) is 6.05. The van der Waals surface area contributed by atoms with Gasteiger partial charge in [-0.15, -0.1) is 0 Å². The minimum atomic E-state index is -0.0423. The maximum Gasteiger partial charge on any atom is 0.254 e. The summed E-state index contributed by atoms with van der Waals surface area (Å²) in [5.74, 6) is 0. The van der Waals surface area contributed by atoms with Crippen LogP contribution in [0.2, 0.25) is 0 Å². The Hall–Kier alpha value is -3.22. The summed E-state index contributed by atoms with van der Waals surface area (Å²) in [6, 6.07) is 20.3.